The van der Waals surface area contributed by atoms with Crippen LogP contribution in [-0.4, -0.2) is 18.8 Å². The summed E-state index contributed by atoms with van der Waals surface area (Å²) in [4.78, 5) is 0. The molecule has 0 aromatic rings. The minimum atomic E-state index is 0.523. The fourth-order valence-corrected chi connectivity index (χ4v) is 0.898. The predicted molar refractivity (Wildman–Crippen MR) is 30.1 cm³/mol. The molecule has 0 aromatic carbocycles. The zero-order chi connectivity index (χ0) is 5.28. The van der Waals surface area contributed by atoms with Gasteiger partial charge in [0.2, 0.25) is 0 Å². The van der Waals surface area contributed by atoms with Crippen LogP contribution < -0.4 is 10.6 Å². The van der Waals surface area contributed by atoms with Gasteiger partial charge in [-0.05, 0) is 13.8 Å². The summed E-state index contributed by atoms with van der Waals surface area (Å²) in [5.41, 5.74) is 0. The van der Waals surface area contributed by atoms with E-state index in [0.717, 1.165) is 6.54 Å². The molecular formula is C5H12N2. The van der Waals surface area contributed by atoms with Gasteiger partial charge in [0.05, 0.1) is 6.17 Å². The smallest absolute Gasteiger partial charge is 0.0545 e. The molecule has 2 N–H and O–H groups in total. The molecule has 0 aromatic heterocycles. The monoisotopic (exact) mass is 100 g/mol. The first-order valence-electron chi connectivity index (χ1n) is 2.78. The average Bonchev–Trinajstić information content (AvgIpc) is 1.87. The Labute approximate surface area is 44.3 Å². The van der Waals surface area contributed by atoms with Crippen LogP contribution >= 0.6 is 0 Å². The van der Waals surface area contributed by atoms with Crippen molar-refractivity contribution in [2.24, 2.45) is 0 Å². The van der Waals surface area contributed by atoms with Crippen LogP contribution in [0.4, 0.5) is 0 Å². The van der Waals surface area contributed by atoms with Crippen LogP contribution in [0.5, 0.6) is 0 Å². The summed E-state index contributed by atoms with van der Waals surface area (Å²) in [5.74, 6) is 0. The molecule has 1 aliphatic rings. The summed E-state index contributed by atoms with van der Waals surface area (Å²) in [7, 11) is 0. The van der Waals surface area contributed by atoms with Gasteiger partial charge in [-0.15, -0.1) is 0 Å². The molecule has 0 radical (unpaired) electrons. The third-order valence-electron chi connectivity index (χ3n) is 1.26. The van der Waals surface area contributed by atoms with Crippen LogP contribution in [0.15, 0.2) is 0 Å². The Morgan fingerprint density at radius 1 is 1.43 bits per heavy atom. The average molecular weight is 100 g/mol. The van der Waals surface area contributed by atoms with Crippen LogP contribution in [0.2, 0.25) is 0 Å². The van der Waals surface area contributed by atoms with Gasteiger partial charge in [0.15, 0.2) is 0 Å². The molecule has 42 valence electrons. The summed E-state index contributed by atoms with van der Waals surface area (Å²) >= 11 is 0. The van der Waals surface area contributed by atoms with Gasteiger partial charge in [0, 0.05) is 12.6 Å². The Bertz CT molecular complexity index is 55.1. The van der Waals surface area contributed by atoms with Gasteiger partial charge >= 0.3 is 0 Å². The maximum Gasteiger partial charge on any atom is 0.0545 e. The van der Waals surface area contributed by atoms with E-state index in [-0.39, 0.29) is 0 Å². The van der Waals surface area contributed by atoms with Gasteiger partial charge in [-0.2, -0.15) is 0 Å². The number of nitrogens with one attached hydrogen (secondary N) is 2. The first-order chi connectivity index (χ1) is 3.29. The Morgan fingerprint density at radius 2 is 2.14 bits per heavy atom. The highest BCUT2D eigenvalue weighted by molar-refractivity contribution is 4.75. The normalized spacial score (nSPS) is 42.0. The first kappa shape index (κ1) is 5.06. The fraction of sp³-hybridized carbons (Fsp3) is 1.00. The molecule has 1 fully saturated rings. The molecule has 2 heteroatoms. The number of hydrogen-bond acceptors (Lipinski definition) is 2. The maximum absolute atomic E-state index is 3.31. The molecule has 2 nitrogen and oxygen atoms in total. The van der Waals surface area contributed by atoms with Gasteiger partial charge in [-0.3, -0.25) is 5.32 Å². The van der Waals surface area contributed by atoms with E-state index >= 15 is 0 Å². The Hall–Kier alpha value is -0.0800. The third-order valence-corrected chi connectivity index (χ3v) is 1.26. The lowest BCUT2D eigenvalue weighted by atomic mass is 10.4. The highest BCUT2D eigenvalue weighted by Gasteiger charge is 2.12. The van der Waals surface area contributed by atoms with Crippen molar-refractivity contribution < 1.29 is 0 Å². The lowest BCUT2D eigenvalue weighted by molar-refractivity contribution is 0.576. The third kappa shape index (κ3) is 1.14. The van der Waals surface area contributed by atoms with E-state index in [1.54, 1.807) is 0 Å². The van der Waals surface area contributed by atoms with Crippen molar-refractivity contribution in [3.05, 3.63) is 0 Å². The van der Waals surface area contributed by atoms with E-state index in [1.165, 1.54) is 0 Å². The molecule has 0 spiro atoms. The van der Waals surface area contributed by atoms with E-state index in [0.29, 0.717) is 12.2 Å². The van der Waals surface area contributed by atoms with Crippen molar-refractivity contribution in [1.82, 2.24) is 10.6 Å². The van der Waals surface area contributed by atoms with Crippen molar-refractivity contribution in [2.45, 2.75) is 26.1 Å². The molecule has 1 rings (SSSR count). The van der Waals surface area contributed by atoms with Gasteiger partial charge < -0.3 is 5.32 Å². The van der Waals surface area contributed by atoms with E-state index in [2.05, 4.69) is 24.5 Å². The second-order valence-corrected chi connectivity index (χ2v) is 2.20. The molecule has 1 unspecified atom stereocenters. The molecule has 1 heterocycles. The Kier molecular flexibility index (Phi) is 1.30. The summed E-state index contributed by atoms with van der Waals surface area (Å²) in [6.45, 7) is 5.42. The SMILES string of the molecule is CC1NC[C@@H](C)N1. The number of hydrogen-bond donors (Lipinski definition) is 2. The fourth-order valence-electron chi connectivity index (χ4n) is 0.898. The maximum atomic E-state index is 3.31. The standard InChI is InChI=1S/C5H12N2/c1-4-3-6-5(2)7-4/h4-7H,3H2,1-2H3/t4-,5?/m1/s1. The summed E-state index contributed by atoms with van der Waals surface area (Å²) in [5, 5.41) is 6.56. The van der Waals surface area contributed by atoms with Gasteiger partial charge in [-0.1, -0.05) is 0 Å². The lowest BCUT2D eigenvalue weighted by Crippen LogP contribution is -2.28. The summed E-state index contributed by atoms with van der Waals surface area (Å²) in [6, 6.07) is 0.662. The van der Waals surface area contributed by atoms with E-state index in [9.17, 15) is 0 Å². The molecule has 0 saturated carbocycles. The van der Waals surface area contributed by atoms with Crippen molar-refractivity contribution in [2.75, 3.05) is 6.54 Å². The topological polar surface area (TPSA) is 24.1 Å². The van der Waals surface area contributed by atoms with Crippen LogP contribution in [0.1, 0.15) is 13.8 Å². The van der Waals surface area contributed by atoms with E-state index in [1.807, 2.05) is 0 Å². The van der Waals surface area contributed by atoms with Crippen LogP contribution in [-0.2, 0) is 0 Å². The van der Waals surface area contributed by atoms with Gasteiger partial charge in [0.25, 0.3) is 0 Å². The predicted octanol–water partition coefficient (Wildman–Crippen LogP) is -0.0863. The Morgan fingerprint density at radius 3 is 2.29 bits per heavy atom. The summed E-state index contributed by atoms with van der Waals surface area (Å²) in [6.07, 6.45) is 0.523. The number of rotatable bonds is 0. The molecule has 0 amide bonds. The molecular weight excluding hydrogens is 88.1 g/mol. The molecule has 1 aliphatic heterocycles. The van der Waals surface area contributed by atoms with Crippen molar-refractivity contribution >= 4 is 0 Å². The Balaban J connectivity index is 2.26. The second kappa shape index (κ2) is 1.80. The van der Waals surface area contributed by atoms with E-state index in [4.69, 9.17) is 0 Å². The molecule has 7 heavy (non-hydrogen) atoms. The largest absolute Gasteiger partial charge is 0.301 e. The minimum Gasteiger partial charge on any atom is -0.301 e. The van der Waals surface area contributed by atoms with Crippen molar-refractivity contribution in [3.8, 4) is 0 Å². The molecule has 0 aliphatic carbocycles. The molecule has 2 atom stereocenters. The lowest BCUT2D eigenvalue weighted by Gasteiger charge is -2.00. The second-order valence-electron chi connectivity index (χ2n) is 2.20. The van der Waals surface area contributed by atoms with Gasteiger partial charge in [-0.25, -0.2) is 0 Å². The first-order valence-corrected chi connectivity index (χ1v) is 2.78. The highest BCUT2D eigenvalue weighted by Crippen LogP contribution is 1.89. The van der Waals surface area contributed by atoms with Crippen LogP contribution in [0, 0.1) is 0 Å². The van der Waals surface area contributed by atoms with Crippen LogP contribution in [0.25, 0.3) is 0 Å². The van der Waals surface area contributed by atoms with Crippen molar-refractivity contribution in [3.63, 3.8) is 0 Å². The van der Waals surface area contributed by atoms with Crippen LogP contribution in [0.3, 0.4) is 0 Å². The highest BCUT2D eigenvalue weighted by atomic mass is 15.2. The zero-order valence-corrected chi connectivity index (χ0v) is 4.86. The zero-order valence-electron chi connectivity index (χ0n) is 4.86. The van der Waals surface area contributed by atoms with Crippen molar-refractivity contribution in [1.29, 1.82) is 0 Å². The molecule has 1 saturated heterocycles. The minimum absolute atomic E-state index is 0.523. The molecule has 0 bridgehead atoms. The summed E-state index contributed by atoms with van der Waals surface area (Å²) < 4.78 is 0. The quantitative estimate of drug-likeness (QED) is 0.444. The van der Waals surface area contributed by atoms with Gasteiger partial charge in [0.1, 0.15) is 0 Å². The van der Waals surface area contributed by atoms with E-state index < -0.39 is 0 Å².